The van der Waals surface area contributed by atoms with Crippen LogP contribution in [-0.2, 0) is 4.79 Å². The van der Waals surface area contributed by atoms with Gasteiger partial charge in [0.1, 0.15) is 0 Å². The Morgan fingerprint density at radius 2 is 1.86 bits per heavy atom. The molecule has 1 amide bonds. The molecule has 0 atom stereocenters. The van der Waals surface area contributed by atoms with Crippen molar-refractivity contribution in [3.8, 4) is 11.3 Å². The van der Waals surface area contributed by atoms with Crippen molar-refractivity contribution >= 4 is 45.2 Å². The normalized spacial score (nSPS) is 10.9. The number of halogens is 1. The zero-order valence-electron chi connectivity index (χ0n) is 16.9. The minimum Gasteiger partial charge on any atom is -0.381 e. The monoisotopic (exact) mass is 443 g/mol. The largest absolute Gasteiger partial charge is 0.381 e. The Balaban J connectivity index is 0.00000280. The number of rotatable bonds is 8. The van der Waals surface area contributed by atoms with E-state index in [1.54, 1.807) is 0 Å². The first-order chi connectivity index (χ1) is 13.1. The number of hydrogen-bond donors (Lipinski definition) is 2. The van der Waals surface area contributed by atoms with Crippen molar-refractivity contribution in [3.63, 3.8) is 0 Å². The lowest BCUT2D eigenvalue weighted by atomic mass is 10.1. The average Bonchev–Trinajstić information content (AvgIpc) is 2.85. The van der Waals surface area contributed by atoms with Gasteiger partial charge in [-0.1, -0.05) is 50.5 Å². The van der Waals surface area contributed by atoms with Gasteiger partial charge >= 0.3 is 0 Å². The summed E-state index contributed by atoms with van der Waals surface area (Å²) in [6, 6.07) is 14.5. The van der Waals surface area contributed by atoms with Crippen LogP contribution in [0.15, 0.2) is 42.5 Å². The number of benzene rings is 1. The van der Waals surface area contributed by atoms with Crippen molar-refractivity contribution in [1.82, 2.24) is 4.98 Å². The van der Waals surface area contributed by atoms with Gasteiger partial charge in [0, 0.05) is 29.1 Å². The molecule has 28 heavy (non-hydrogen) atoms. The standard InChI is InChI=1S/C23H29N3O.BrH/c1-4-5-6-7-14-22(27)25-17-10-8-11-18-19-12-9-13-20(24-16(2)3)23(19)26-21(18)15-17;/h8-13,15-16,24H,4-7,14H2,1-3H3,(H,25,27);1H. The SMILES string of the molecule is Br.CCCCCCC(=O)Nc1cccc2c3cccc(NC(C)C)c3nc-2c1. The van der Waals surface area contributed by atoms with Gasteiger partial charge in [-0.2, -0.15) is 0 Å². The molecule has 1 aromatic rings. The Bertz CT molecular complexity index is 894. The molecule has 2 aliphatic rings. The quantitative estimate of drug-likeness (QED) is 0.383. The average molecular weight is 444 g/mol. The second kappa shape index (κ2) is 10.4. The Labute approximate surface area is 178 Å². The van der Waals surface area contributed by atoms with E-state index >= 15 is 0 Å². The van der Waals surface area contributed by atoms with Crippen LogP contribution >= 0.6 is 17.0 Å². The van der Waals surface area contributed by atoms with Crippen molar-refractivity contribution < 1.29 is 4.79 Å². The molecule has 0 aromatic heterocycles. The molecule has 0 bridgehead atoms. The highest BCUT2D eigenvalue weighted by Crippen LogP contribution is 2.35. The van der Waals surface area contributed by atoms with E-state index in [0.717, 1.165) is 46.4 Å². The van der Waals surface area contributed by atoms with E-state index in [2.05, 4.69) is 55.7 Å². The first-order valence-electron chi connectivity index (χ1n) is 9.97. The van der Waals surface area contributed by atoms with Crippen molar-refractivity contribution in [2.24, 2.45) is 0 Å². The zero-order valence-corrected chi connectivity index (χ0v) is 18.6. The minimum atomic E-state index is 0. The third-order valence-corrected chi connectivity index (χ3v) is 4.65. The Morgan fingerprint density at radius 1 is 1.07 bits per heavy atom. The number of para-hydroxylation sites is 1. The molecule has 0 saturated heterocycles. The van der Waals surface area contributed by atoms with Gasteiger partial charge in [-0.15, -0.1) is 17.0 Å². The van der Waals surface area contributed by atoms with Gasteiger partial charge in [0.15, 0.2) is 0 Å². The molecule has 2 N–H and O–H groups in total. The summed E-state index contributed by atoms with van der Waals surface area (Å²) in [6.45, 7) is 6.42. The second-order valence-corrected chi connectivity index (χ2v) is 7.40. The van der Waals surface area contributed by atoms with Crippen molar-refractivity contribution in [3.05, 3.63) is 42.5 Å². The molecule has 0 spiro atoms. The number of carbonyl (C=O) groups is 1. The number of nitrogens with one attached hydrogen (secondary N) is 2. The van der Waals surface area contributed by atoms with Crippen LogP contribution in [0.5, 0.6) is 0 Å². The van der Waals surface area contributed by atoms with E-state index in [9.17, 15) is 4.79 Å². The van der Waals surface area contributed by atoms with Gasteiger partial charge in [0.25, 0.3) is 0 Å². The first kappa shape index (κ1) is 22.2. The number of amides is 1. The Kier molecular flexibility index (Phi) is 8.24. The van der Waals surface area contributed by atoms with Gasteiger partial charge in [-0.3, -0.25) is 4.79 Å². The molecule has 5 heteroatoms. The molecule has 1 aliphatic heterocycles. The fraction of sp³-hybridized carbons (Fsp3) is 0.391. The summed E-state index contributed by atoms with van der Waals surface area (Å²) >= 11 is 0. The molecule has 1 heterocycles. The number of fused-ring (bicyclic) bond motifs is 3. The molecule has 0 fully saturated rings. The highest BCUT2D eigenvalue weighted by molar-refractivity contribution is 8.93. The van der Waals surface area contributed by atoms with Crippen LogP contribution in [0.4, 0.5) is 11.4 Å². The second-order valence-electron chi connectivity index (χ2n) is 7.40. The van der Waals surface area contributed by atoms with E-state index in [4.69, 9.17) is 4.98 Å². The summed E-state index contributed by atoms with van der Waals surface area (Å²) in [5.41, 5.74) is 4.81. The lowest BCUT2D eigenvalue weighted by Crippen LogP contribution is -2.10. The molecule has 4 nitrogen and oxygen atoms in total. The minimum absolute atomic E-state index is 0. The summed E-state index contributed by atoms with van der Waals surface area (Å²) in [5, 5.41) is 7.62. The predicted molar refractivity (Wildman–Crippen MR) is 125 cm³/mol. The van der Waals surface area contributed by atoms with E-state index in [1.807, 2.05) is 18.2 Å². The van der Waals surface area contributed by atoms with Crippen LogP contribution in [0, 0.1) is 0 Å². The molecule has 1 aliphatic carbocycles. The topological polar surface area (TPSA) is 54.0 Å². The lowest BCUT2D eigenvalue weighted by molar-refractivity contribution is -0.116. The molecule has 0 radical (unpaired) electrons. The number of carbonyl (C=O) groups excluding carboxylic acids is 1. The summed E-state index contributed by atoms with van der Waals surface area (Å²) in [6.07, 6.45) is 4.98. The highest BCUT2D eigenvalue weighted by Gasteiger charge is 2.14. The first-order valence-corrected chi connectivity index (χ1v) is 9.97. The maximum absolute atomic E-state index is 12.2. The maximum atomic E-state index is 12.2. The fourth-order valence-corrected chi connectivity index (χ4v) is 3.37. The van der Waals surface area contributed by atoms with Crippen LogP contribution in [0.2, 0.25) is 0 Å². The summed E-state index contributed by atoms with van der Waals surface area (Å²) in [7, 11) is 0. The number of hydrogen-bond acceptors (Lipinski definition) is 3. The Morgan fingerprint density at radius 3 is 2.61 bits per heavy atom. The van der Waals surface area contributed by atoms with Crippen molar-refractivity contribution in [2.75, 3.05) is 10.6 Å². The highest BCUT2D eigenvalue weighted by atomic mass is 79.9. The van der Waals surface area contributed by atoms with Crippen LogP contribution in [0.1, 0.15) is 52.9 Å². The lowest BCUT2D eigenvalue weighted by Gasteiger charge is -2.10. The van der Waals surface area contributed by atoms with Crippen LogP contribution in [-0.4, -0.2) is 16.9 Å². The molecular formula is C23H30BrN3O. The summed E-state index contributed by atoms with van der Waals surface area (Å²) < 4.78 is 0. The number of unbranched alkanes of at least 4 members (excludes halogenated alkanes) is 3. The van der Waals surface area contributed by atoms with Crippen LogP contribution < -0.4 is 10.6 Å². The van der Waals surface area contributed by atoms with Crippen LogP contribution in [0.25, 0.3) is 22.2 Å². The number of aromatic nitrogens is 1. The van der Waals surface area contributed by atoms with E-state index in [1.165, 1.54) is 12.8 Å². The fourth-order valence-electron chi connectivity index (χ4n) is 3.37. The molecule has 3 rings (SSSR count). The van der Waals surface area contributed by atoms with Crippen molar-refractivity contribution in [1.29, 1.82) is 0 Å². The van der Waals surface area contributed by atoms with Gasteiger partial charge in [0.2, 0.25) is 5.91 Å². The molecule has 150 valence electrons. The molecule has 0 saturated carbocycles. The Hall–Kier alpha value is -2.14. The summed E-state index contributed by atoms with van der Waals surface area (Å²) in [5.74, 6) is 0.0729. The number of anilines is 2. The number of nitrogens with zero attached hydrogens (tertiary/aromatic N) is 1. The maximum Gasteiger partial charge on any atom is 0.224 e. The molecule has 0 unspecified atom stereocenters. The van der Waals surface area contributed by atoms with E-state index in [-0.39, 0.29) is 22.9 Å². The van der Waals surface area contributed by atoms with Gasteiger partial charge in [-0.25, -0.2) is 4.98 Å². The predicted octanol–water partition coefficient (Wildman–Crippen LogP) is 6.65. The molecule has 1 aromatic carbocycles. The van der Waals surface area contributed by atoms with Crippen LogP contribution in [0.3, 0.4) is 0 Å². The molecular weight excluding hydrogens is 414 g/mol. The smallest absolute Gasteiger partial charge is 0.224 e. The third kappa shape index (κ3) is 5.44. The van der Waals surface area contributed by atoms with E-state index < -0.39 is 0 Å². The zero-order chi connectivity index (χ0) is 19.2. The third-order valence-electron chi connectivity index (χ3n) is 4.65. The van der Waals surface area contributed by atoms with Gasteiger partial charge in [-0.05, 0) is 38.5 Å². The van der Waals surface area contributed by atoms with E-state index in [0.29, 0.717) is 12.5 Å². The summed E-state index contributed by atoms with van der Waals surface area (Å²) in [4.78, 5) is 17.1. The van der Waals surface area contributed by atoms with Gasteiger partial charge in [0.05, 0.1) is 16.9 Å². The van der Waals surface area contributed by atoms with Gasteiger partial charge < -0.3 is 10.6 Å². The van der Waals surface area contributed by atoms with Crippen molar-refractivity contribution in [2.45, 2.75) is 58.9 Å².